The maximum absolute atomic E-state index is 12.7. The Morgan fingerprint density at radius 2 is 2.00 bits per heavy atom. The minimum Gasteiger partial charge on any atom is -0.370 e. The molecule has 0 bridgehead atoms. The molecule has 0 radical (unpaired) electrons. The van der Waals surface area contributed by atoms with Crippen LogP contribution in [0.4, 0.5) is 5.82 Å². The molecule has 2 fully saturated rings. The summed E-state index contributed by atoms with van der Waals surface area (Å²) in [5.41, 5.74) is 0.425. The van der Waals surface area contributed by atoms with E-state index in [1.54, 1.807) is 6.07 Å². The average molecular weight is 349 g/mol. The Bertz CT molecular complexity index is 579. The number of ether oxygens (including phenoxy) is 2. The maximum Gasteiger partial charge on any atom is 0.272 e. The lowest BCUT2D eigenvalue weighted by atomic mass is 10.0. The highest BCUT2D eigenvalue weighted by Crippen LogP contribution is 2.31. The monoisotopic (exact) mass is 349 g/mol. The van der Waals surface area contributed by atoms with Crippen LogP contribution in [0.15, 0.2) is 12.4 Å². The van der Waals surface area contributed by atoms with Crippen LogP contribution in [0.5, 0.6) is 0 Å². The van der Waals surface area contributed by atoms with E-state index in [0.717, 1.165) is 19.5 Å². The molecule has 0 unspecified atom stereocenters. The zero-order valence-corrected chi connectivity index (χ0v) is 15.0. The van der Waals surface area contributed by atoms with E-state index < -0.39 is 5.79 Å². The van der Waals surface area contributed by atoms with Crippen molar-refractivity contribution in [2.75, 3.05) is 58.8 Å². The van der Waals surface area contributed by atoms with Gasteiger partial charge in [0.05, 0.1) is 13.2 Å². The number of rotatable bonds is 6. The van der Waals surface area contributed by atoms with E-state index in [9.17, 15) is 4.79 Å². The molecule has 0 aromatic carbocycles. The molecule has 138 valence electrons. The van der Waals surface area contributed by atoms with E-state index in [2.05, 4.69) is 20.2 Å². The average Bonchev–Trinajstić information content (AvgIpc) is 3.07. The largest absolute Gasteiger partial charge is 0.370 e. The first-order valence-corrected chi connectivity index (χ1v) is 8.86. The molecule has 3 rings (SSSR count). The predicted octanol–water partition coefficient (Wildman–Crippen LogP) is 0.819. The van der Waals surface area contributed by atoms with Gasteiger partial charge >= 0.3 is 0 Å². The standard InChI is InChI=1S/C17H27N5O3/c1-21(2)7-3-6-18-15-12-14(19-13-20-15)16(23)22-8-4-17(5-9-22)24-10-11-25-17/h12-13H,3-11H2,1-2H3,(H,18,19,20). The van der Waals surface area contributed by atoms with E-state index in [1.165, 1.54) is 6.33 Å². The lowest BCUT2D eigenvalue weighted by Gasteiger charge is -2.37. The summed E-state index contributed by atoms with van der Waals surface area (Å²) in [6, 6.07) is 1.73. The van der Waals surface area contributed by atoms with Gasteiger partial charge in [0.15, 0.2) is 5.79 Å². The fraction of sp³-hybridized carbons (Fsp3) is 0.706. The number of carbonyl (C=O) groups is 1. The molecule has 2 saturated heterocycles. The maximum atomic E-state index is 12.7. The SMILES string of the molecule is CN(C)CCCNc1cc(C(=O)N2CCC3(CC2)OCCO3)ncn1. The van der Waals surface area contributed by atoms with Gasteiger partial charge in [-0.15, -0.1) is 0 Å². The number of nitrogens with one attached hydrogen (secondary N) is 1. The summed E-state index contributed by atoms with van der Waals surface area (Å²) in [7, 11) is 4.09. The highest BCUT2D eigenvalue weighted by Gasteiger charge is 2.41. The number of piperidine rings is 1. The number of nitrogens with zero attached hydrogens (tertiary/aromatic N) is 4. The summed E-state index contributed by atoms with van der Waals surface area (Å²) >= 11 is 0. The fourth-order valence-electron chi connectivity index (χ4n) is 3.18. The third-order valence-corrected chi connectivity index (χ3v) is 4.60. The second kappa shape index (κ2) is 8.07. The molecule has 8 heteroatoms. The molecule has 1 N–H and O–H groups in total. The highest BCUT2D eigenvalue weighted by molar-refractivity contribution is 5.93. The molecule has 1 aromatic rings. The quantitative estimate of drug-likeness (QED) is 0.762. The Kier molecular flexibility index (Phi) is 5.82. The summed E-state index contributed by atoms with van der Waals surface area (Å²) in [6.45, 7) is 4.33. The molecule has 25 heavy (non-hydrogen) atoms. The second-order valence-corrected chi connectivity index (χ2v) is 6.77. The van der Waals surface area contributed by atoms with Crippen molar-refractivity contribution in [1.29, 1.82) is 0 Å². The topological polar surface area (TPSA) is 79.8 Å². The minimum atomic E-state index is -0.471. The molecule has 1 amide bonds. The summed E-state index contributed by atoms with van der Waals surface area (Å²) in [4.78, 5) is 25.0. The van der Waals surface area contributed by atoms with Gasteiger partial charge in [-0.2, -0.15) is 0 Å². The van der Waals surface area contributed by atoms with Gasteiger partial charge in [0.2, 0.25) is 0 Å². The molecule has 0 saturated carbocycles. The number of likely N-dealkylation sites (tertiary alicyclic amines) is 1. The fourth-order valence-corrected chi connectivity index (χ4v) is 3.18. The Morgan fingerprint density at radius 3 is 2.68 bits per heavy atom. The van der Waals surface area contributed by atoms with Crippen LogP contribution in [0.1, 0.15) is 29.8 Å². The summed E-state index contributed by atoms with van der Waals surface area (Å²) < 4.78 is 11.4. The van der Waals surface area contributed by atoms with E-state index in [0.29, 0.717) is 50.7 Å². The Hall–Kier alpha value is -1.77. The molecular formula is C17H27N5O3. The van der Waals surface area contributed by atoms with Gasteiger partial charge in [0.1, 0.15) is 17.8 Å². The number of carbonyl (C=O) groups excluding carboxylic acids is 1. The summed E-state index contributed by atoms with van der Waals surface area (Å²) in [6.07, 6.45) is 3.86. The smallest absolute Gasteiger partial charge is 0.272 e. The zero-order chi connectivity index (χ0) is 17.7. The van der Waals surface area contributed by atoms with Crippen molar-refractivity contribution < 1.29 is 14.3 Å². The van der Waals surface area contributed by atoms with Crippen LogP contribution in [-0.4, -0.2) is 85.0 Å². The molecule has 1 spiro atoms. The zero-order valence-electron chi connectivity index (χ0n) is 15.0. The summed E-state index contributed by atoms with van der Waals surface area (Å²) in [5.74, 6) is 0.154. The van der Waals surface area contributed by atoms with Crippen molar-refractivity contribution in [1.82, 2.24) is 19.8 Å². The Morgan fingerprint density at radius 1 is 1.28 bits per heavy atom. The van der Waals surface area contributed by atoms with Crippen molar-refractivity contribution in [3.05, 3.63) is 18.1 Å². The third-order valence-electron chi connectivity index (χ3n) is 4.60. The molecule has 1 aromatic heterocycles. The first-order chi connectivity index (χ1) is 12.1. The number of hydrogen-bond donors (Lipinski definition) is 1. The Labute approximate surface area is 148 Å². The van der Waals surface area contributed by atoms with Crippen molar-refractivity contribution in [2.45, 2.75) is 25.0 Å². The number of hydrogen-bond acceptors (Lipinski definition) is 7. The number of amides is 1. The number of aromatic nitrogens is 2. The van der Waals surface area contributed by atoms with Crippen LogP contribution >= 0.6 is 0 Å². The molecule has 2 aliphatic rings. The van der Waals surface area contributed by atoms with Crippen LogP contribution in [0.25, 0.3) is 0 Å². The second-order valence-electron chi connectivity index (χ2n) is 6.77. The van der Waals surface area contributed by atoms with Crippen molar-refractivity contribution in [3.63, 3.8) is 0 Å². The molecular weight excluding hydrogens is 322 g/mol. The predicted molar refractivity (Wildman–Crippen MR) is 93.5 cm³/mol. The van der Waals surface area contributed by atoms with E-state index in [1.807, 2.05) is 19.0 Å². The van der Waals surface area contributed by atoms with Crippen LogP contribution in [0.3, 0.4) is 0 Å². The molecule has 3 heterocycles. The minimum absolute atomic E-state index is 0.0633. The van der Waals surface area contributed by atoms with Crippen LogP contribution in [0, 0.1) is 0 Å². The van der Waals surface area contributed by atoms with Gasteiger partial charge in [-0.3, -0.25) is 4.79 Å². The molecule has 2 aliphatic heterocycles. The van der Waals surface area contributed by atoms with Crippen LogP contribution in [0.2, 0.25) is 0 Å². The lowest BCUT2D eigenvalue weighted by molar-refractivity contribution is -0.181. The molecule has 0 aliphatic carbocycles. The lowest BCUT2D eigenvalue weighted by Crippen LogP contribution is -2.47. The third kappa shape index (κ3) is 4.65. The van der Waals surface area contributed by atoms with Gasteiger partial charge in [0, 0.05) is 38.5 Å². The first kappa shape index (κ1) is 18.0. The highest BCUT2D eigenvalue weighted by atomic mass is 16.7. The van der Waals surface area contributed by atoms with E-state index >= 15 is 0 Å². The van der Waals surface area contributed by atoms with Crippen LogP contribution < -0.4 is 5.32 Å². The van der Waals surface area contributed by atoms with Gasteiger partial charge in [-0.1, -0.05) is 0 Å². The number of anilines is 1. The Balaban J connectivity index is 1.53. The first-order valence-electron chi connectivity index (χ1n) is 8.86. The van der Waals surface area contributed by atoms with Crippen molar-refractivity contribution in [3.8, 4) is 0 Å². The molecule has 8 nitrogen and oxygen atoms in total. The van der Waals surface area contributed by atoms with Gasteiger partial charge < -0.3 is 24.6 Å². The van der Waals surface area contributed by atoms with Gasteiger partial charge in [-0.25, -0.2) is 9.97 Å². The van der Waals surface area contributed by atoms with E-state index in [-0.39, 0.29) is 5.91 Å². The van der Waals surface area contributed by atoms with Gasteiger partial charge in [-0.05, 0) is 27.1 Å². The normalized spacial score (nSPS) is 19.6. The van der Waals surface area contributed by atoms with Gasteiger partial charge in [0.25, 0.3) is 5.91 Å². The summed E-state index contributed by atoms with van der Waals surface area (Å²) in [5, 5.41) is 3.25. The van der Waals surface area contributed by atoms with Crippen LogP contribution in [-0.2, 0) is 9.47 Å². The van der Waals surface area contributed by atoms with Crippen molar-refractivity contribution in [2.24, 2.45) is 0 Å². The molecule has 0 atom stereocenters. The van der Waals surface area contributed by atoms with E-state index in [4.69, 9.17) is 9.47 Å². The van der Waals surface area contributed by atoms with Crippen molar-refractivity contribution >= 4 is 11.7 Å².